The molecule has 8 heteroatoms. The second kappa shape index (κ2) is 7.46. The first-order valence-corrected chi connectivity index (χ1v) is 8.17. The van der Waals surface area contributed by atoms with E-state index in [4.69, 9.17) is 11.6 Å². The Balaban J connectivity index is 2.10. The van der Waals surface area contributed by atoms with E-state index in [0.717, 1.165) is 0 Å². The van der Waals surface area contributed by atoms with Crippen LogP contribution < -0.4 is 5.32 Å². The normalized spacial score (nSPS) is 16.0. The van der Waals surface area contributed by atoms with E-state index >= 15 is 0 Å². The molecule has 1 aliphatic carbocycles. The molecule has 0 spiro atoms. The van der Waals surface area contributed by atoms with E-state index in [-0.39, 0.29) is 17.4 Å². The van der Waals surface area contributed by atoms with Crippen molar-refractivity contribution in [1.82, 2.24) is 5.32 Å². The molecule has 0 aliphatic heterocycles. The molecule has 0 unspecified atom stereocenters. The molecule has 6 nitrogen and oxygen atoms in total. The number of hydrogen-bond acceptors (Lipinski definition) is 4. The summed E-state index contributed by atoms with van der Waals surface area (Å²) < 4.78 is 0. The maximum Gasteiger partial charge on any atom is 0.503 e. The number of halogens is 1. The summed E-state index contributed by atoms with van der Waals surface area (Å²) in [7, 11) is -1.78. The number of carbonyl (C=O) groups excluding carboxylic acids is 2. The van der Waals surface area contributed by atoms with Crippen LogP contribution in [-0.4, -0.2) is 40.1 Å². The first-order valence-electron chi connectivity index (χ1n) is 7.79. The fourth-order valence-electron chi connectivity index (χ4n) is 2.27. The number of carbonyl (C=O) groups is 2. The molecule has 0 atom stereocenters. The van der Waals surface area contributed by atoms with Gasteiger partial charge < -0.3 is 15.4 Å². The molecule has 0 saturated heterocycles. The van der Waals surface area contributed by atoms with Gasteiger partial charge >= 0.3 is 7.12 Å². The van der Waals surface area contributed by atoms with Crippen molar-refractivity contribution < 1.29 is 19.6 Å². The molecule has 0 radical (unpaired) electrons. The Labute approximate surface area is 146 Å². The molecule has 2 rings (SSSR count). The highest BCUT2D eigenvalue weighted by Crippen LogP contribution is 2.37. The molecule has 1 aliphatic rings. The predicted molar refractivity (Wildman–Crippen MR) is 93.0 cm³/mol. The monoisotopic (exact) mass is 350 g/mol. The van der Waals surface area contributed by atoms with E-state index in [1.54, 1.807) is 24.3 Å². The van der Waals surface area contributed by atoms with Crippen molar-refractivity contribution in [2.45, 2.75) is 38.6 Å². The minimum absolute atomic E-state index is 0.0158. The summed E-state index contributed by atoms with van der Waals surface area (Å²) in [5, 5.41) is 21.9. The molecule has 2 amide bonds. The van der Waals surface area contributed by atoms with E-state index in [2.05, 4.69) is 10.3 Å². The van der Waals surface area contributed by atoms with Crippen LogP contribution in [0.25, 0.3) is 0 Å². The second-order valence-corrected chi connectivity index (χ2v) is 6.86. The lowest BCUT2D eigenvalue weighted by atomic mass is 9.78. The summed E-state index contributed by atoms with van der Waals surface area (Å²) in [6.45, 7) is 3.77. The topological polar surface area (TPSA) is 99.0 Å². The van der Waals surface area contributed by atoms with Crippen molar-refractivity contribution in [3.63, 3.8) is 0 Å². The molecule has 3 N–H and O–H groups in total. The third-order valence-electron chi connectivity index (χ3n) is 3.78. The van der Waals surface area contributed by atoms with Crippen LogP contribution in [-0.2, 0) is 4.79 Å². The van der Waals surface area contributed by atoms with Gasteiger partial charge in [-0.05, 0) is 49.4 Å². The van der Waals surface area contributed by atoms with Gasteiger partial charge in [0.1, 0.15) is 5.54 Å². The summed E-state index contributed by atoms with van der Waals surface area (Å²) >= 11 is 5.79. The lowest BCUT2D eigenvalue weighted by molar-refractivity contribution is -0.120. The number of nitrogens with zero attached hydrogens (tertiary/aromatic N) is 1. The SMILES string of the molecule is CC(C)CC(=NC(=O)C1(NC(=O)c2ccc(Cl)cc2)CC1)B(O)O. The van der Waals surface area contributed by atoms with Gasteiger partial charge in [0.2, 0.25) is 0 Å². The van der Waals surface area contributed by atoms with E-state index in [0.29, 0.717) is 29.8 Å². The lowest BCUT2D eigenvalue weighted by Crippen LogP contribution is -2.43. The molecule has 1 aromatic rings. The van der Waals surface area contributed by atoms with Crippen LogP contribution in [0.3, 0.4) is 0 Å². The van der Waals surface area contributed by atoms with Crippen molar-refractivity contribution >= 4 is 36.1 Å². The zero-order valence-electron chi connectivity index (χ0n) is 13.6. The third kappa shape index (κ3) is 4.66. The molecule has 0 heterocycles. The zero-order valence-corrected chi connectivity index (χ0v) is 14.4. The van der Waals surface area contributed by atoms with Gasteiger partial charge in [-0.3, -0.25) is 9.59 Å². The summed E-state index contributed by atoms with van der Waals surface area (Å²) in [5.74, 6) is -0.812. The highest BCUT2D eigenvalue weighted by Gasteiger charge is 2.51. The summed E-state index contributed by atoms with van der Waals surface area (Å²) in [4.78, 5) is 28.5. The molecule has 1 saturated carbocycles. The van der Waals surface area contributed by atoms with Crippen LogP contribution in [0.4, 0.5) is 0 Å². The maximum atomic E-state index is 12.4. The van der Waals surface area contributed by atoms with E-state index in [1.807, 2.05) is 13.8 Å². The number of aliphatic imine (C=N–C) groups is 1. The average molecular weight is 351 g/mol. The average Bonchev–Trinajstić information content (AvgIpc) is 3.27. The van der Waals surface area contributed by atoms with Crippen LogP contribution in [0.5, 0.6) is 0 Å². The van der Waals surface area contributed by atoms with Crippen LogP contribution in [0, 0.1) is 5.92 Å². The fourth-order valence-corrected chi connectivity index (χ4v) is 2.40. The molecule has 1 fully saturated rings. The Morgan fingerprint density at radius 3 is 2.33 bits per heavy atom. The Hall–Kier alpha value is -1.70. The van der Waals surface area contributed by atoms with Gasteiger partial charge in [-0.2, -0.15) is 0 Å². The van der Waals surface area contributed by atoms with Gasteiger partial charge in [0, 0.05) is 10.6 Å². The molecular formula is C16H20BClN2O4. The lowest BCUT2D eigenvalue weighted by Gasteiger charge is -2.15. The fraction of sp³-hybridized carbons (Fsp3) is 0.438. The van der Waals surface area contributed by atoms with Gasteiger partial charge in [-0.25, -0.2) is 4.99 Å². The molecule has 128 valence electrons. The smallest absolute Gasteiger partial charge is 0.422 e. The molecule has 1 aromatic carbocycles. The Kier molecular flexibility index (Phi) is 5.80. The van der Waals surface area contributed by atoms with Gasteiger partial charge in [-0.15, -0.1) is 0 Å². The zero-order chi connectivity index (χ0) is 17.9. The summed E-state index contributed by atoms with van der Waals surface area (Å²) in [6.07, 6.45) is 1.25. The van der Waals surface area contributed by atoms with Gasteiger partial charge in [0.25, 0.3) is 11.8 Å². The minimum Gasteiger partial charge on any atom is -0.422 e. The van der Waals surface area contributed by atoms with Crippen LogP contribution in [0.15, 0.2) is 29.3 Å². The highest BCUT2D eigenvalue weighted by molar-refractivity contribution is 6.80. The van der Waals surface area contributed by atoms with Crippen molar-refractivity contribution in [3.05, 3.63) is 34.9 Å². The number of hydrogen-bond donors (Lipinski definition) is 3. The van der Waals surface area contributed by atoms with Crippen LogP contribution in [0.1, 0.15) is 43.5 Å². The number of benzene rings is 1. The number of nitrogens with one attached hydrogen (secondary N) is 1. The molecule has 24 heavy (non-hydrogen) atoms. The standard InChI is InChI=1S/C16H20BClN2O4/c1-10(2)9-13(17(23)24)19-15(22)16(7-8-16)20-14(21)11-3-5-12(18)6-4-11/h3-6,10,23-24H,7-9H2,1-2H3,(H,20,21). The quantitative estimate of drug-likeness (QED) is 0.536. The Morgan fingerprint density at radius 1 is 1.29 bits per heavy atom. The van der Waals surface area contributed by atoms with Crippen molar-refractivity contribution in [2.24, 2.45) is 10.9 Å². The van der Waals surface area contributed by atoms with Crippen LogP contribution >= 0.6 is 11.6 Å². The van der Waals surface area contributed by atoms with Crippen molar-refractivity contribution in [2.75, 3.05) is 0 Å². The first kappa shape index (κ1) is 18.6. The Morgan fingerprint density at radius 2 is 1.88 bits per heavy atom. The minimum atomic E-state index is -1.78. The van der Waals surface area contributed by atoms with Crippen LogP contribution in [0.2, 0.25) is 5.02 Å². The highest BCUT2D eigenvalue weighted by atomic mass is 35.5. The number of amides is 2. The van der Waals surface area contributed by atoms with Gasteiger partial charge in [-0.1, -0.05) is 25.4 Å². The Bertz CT molecular complexity index is 655. The van der Waals surface area contributed by atoms with E-state index < -0.39 is 18.6 Å². The van der Waals surface area contributed by atoms with Crippen molar-refractivity contribution in [3.8, 4) is 0 Å². The number of rotatable bonds is 6. The molecular weight excluding hydrogens is 330 g/mol. The molecule has 0 bridgehead atoms. The first-order chi connectivity index (χ1) is 11.2. The molecule has 0 aromatic heterocycles. The summed E-state index contributed by atoms with van der Waals surface area (Å²) in [6, 6.07) is 6.34. The largest absolute Gasteiger partial charge is 0.503 e. The van der Waals surface area contributed by atoms with Gasteiger partial charge in [0.15, 0.2) is 0 Å². The second-order valence-electron chi connectivity index (χ2n) is 6.42. The predicted octanol–water partition coefficient (Wildman–Crippen LogP) is 1.63. The van der Waals surface area contributed by atoms with E-state index in [9.17, 15) is 19.6 Å². The maximum absolute atomic E-state index is 12.4. The van der Waals surface area contributed by atoms with E-state index in [1.165, 1.54) is 0 Å². The van der Waals surface area contributed by atoms with Gasteiger partial charge in [0.05, 0.1) is 5.61 Å². The van der Waals surface area contributed by atoms with Crippen molar-refractivity contribution in [1.29, 1.82) is 0 Å². The third-order valence-corrected chi connectivity index (χ3v) is 4.03. The summed E-state index contributed by atoms with van der Waals surface area (Å²) in [5.41, 5.74) is -0.637.